The molecule has 3 atom stereocenters. The Bertz CT molecular complexity index is 306. The Morgan fingerprint density at radius 2 is 2.07 bits per heavy atom. The third kappa shape index (κ3) is 1.28. The van der Waals surface area contributed by atoms with E-state index in [0.29, 0.717) is 0 Å². The van der Waals surface area contributed by atoms with Crippen molar-refractivity contribution in [2.24, 2.45) is 17.8 Å². The Morgan fingerprint density at radius 3 is 3.07 bits per heavy atom. The standard InChI is InChI=1S/C14H18/c1-2-6-12-8-4-10-13-9-3-7-11(5-1)14(12)13/h1-2,5-7,12-14H,3-4,8-10H2. The Morgan fingerprint density at radius 1 is 1.07 bits per heavy atom. The topological polar surface area (TPSA) is 0 Å². The van der Waals surface area contributed by atoms with Crippen LogP contribution >= 0.6 is 0 Å². The molecule has 0 aromatic heterocycles. The maximum Gasteiger partial charge on any atom is -0.00736 e. The molecule has 0 radical (unpaired) electrons. The van der Waals surface area contributed by atoms with Crippen LogP contribution in [0.4, 0.5) is 0 Å². The van der Waals surface area contributed by atoms with Crippen molar-refractivity contribution in [1.82, 2.24) is 0 Å². The molecule has 0 amide bonds. The predicted molar refractivity (Wildman–Crippen MR) is 59.9 cm³/mol. The molecule has 3 unspecified atom stereocenters. The molecular formula is C14H18. The lowest BCUT2D eigenvalue weighted by Crippen LogP contribution is -2.30. The van der Waals surface area contributed by atoms with Gasteiger partial charge in [0.2, 0.25) is 0 Å². The van der Waals surface area contributed by atoms with E-state index >= 15 is 0 Å². The van der Waals surface area contributed by atoms with Gasteiger partial charge in [-0.1, -0.05) is 36.8 Å². The van der Waals surface area contributed by atoms with Crippen LogP contribution < -0.4 is 0 Å². The van der Waals surface area contributed by atoms with Crippen LogP contribution in [0.5, 0.6) is 0 Å². The number of allylic oxidation sites excluding steroid dienone is 6. The van der Waals surface area contributed by atoms with Crippen molar-refractivity contribution in [3.63, 3.8) is 0 Å². The Kier molecular flexibility index (Phi) is 2.08. The lowest BCUT2D eigenvalue weighted by molar-refractivity contribution is 0.202. The highest BCUT2D eigenvalue weighted by molar-refractivity contribution is 5.32. The van der Waals surface area contributed by atoms with Gasteiger partial charge in [0.15, 0.2) is 0 Å². The summed E-state index contributed by atoms with van der Waals surface area (Å²) in [6.45, 7) is 0. The molecular weight excluding hydrogens is 168 g/mol. The number of hydrogen-bond acceptors (Lipinski definition) is 0. The minimum absolute atomic E-state index is 0.843. The Labute approximate surface area is 86.4 Å². The quantitative estimate of drug-likeness (QED) is 0.539. The second-order valence-electron chi connectivity index (χ2n) is 4.91. The van der Waals surface area contributed by atoms with Crippen molar-refractivity contribution in [3.05, 3.63) is 36.0 Å². The smallest absolute Gasteiger partial charge is 0.00736 e. The Hall–Kier alpha value is -0.780. The van der Waals surface area contributed by atoms with E-state index in [1.807, 2.05) is 0 Å². The van der Waals surface area contributed by atoms with Gasteiger partial charge in [-0.3, -0.25) is 0 Å². The van der Waals surface area contributed by atoms with Gasteiger partial charge >= 0.3 is 0 Å². The van der Waals surface area contributed by atoms with Gasteiger partial charge in [0.05, 0.1) is 0 Å². The van der Waals surface area contributed by atoms with E-state index in [9.17, 15) is 0 Å². The largest absolute Gasteiger partial charge is 0.0810 e. The lowest BCUT2D eigenvalue weighted by atomic mass is 9.65. The molecule has 1 saturated carbocycles. The molecule has 0 heteroatoms. The summed E-state index contributed by atoms with van der Waals surface area (Å²) in [5.41, 5.74) is 1.64. The molecule has 1 fully saturated rings. The highest BCUT2D eigenvalue weighted by Crippen LogP contribution is 2.46. The third-order valence-electron chi connectivity index (χ3n) is 4.14. The van der Waals surface area contributed by atoms with Crippen molar-refractivity contribution in [1.29, 1.82) is 0 Å². The van der Waals surface area contributed by atoms with Crippen LogP contribution in [0.3, 0.4) is 0 Å². The molecule has 0 bridgehead atoms. The summed E-state index contributed by atoms with van der Waals surface area (Å²) in [5.74, 6) is 2.70. The summed E-state index contributed by atoms with van der Waals surface area (Å²) in [6.07, 6.45) is 18.8. The molecule has 0 nitrogen and oxygen atoms in total. The van der Waals surface area contributed by atoms with E-state index < -0.39 is 0 Å². The van der Waals surface area contributed by atoms with Crippen LogP contribution in [0.2, 0.25) is 0 Å². The van der Waals surface area contributed by atoms with Gasteiger partial charge < -0.3 is 0 Å². The first-order valence-corrected chi connectivity index (χ1v) is 6.00. The summed E-state index contributed by atoms with van der Waals surface area (Å²) in [5, 5.41) is 0. The zero-order valence-corrected chi connectivity index (χ0v) is 8.65. The van der Waals surface area contributed by atoms with Crippen molar-refractivity contribution in [2.75, 3.05) is 0 Å². The van der Waals surface area contributed by atoms with E-state index in [1.54, 1.807) is 5.57 Å². The van der Waals surface area contributed by atoms with Crippen molar-refractivity contribution < 1.29 is 0 Å². The summed E-state index contributed by atoms with van der Waals surface area (Å²) in [4.78, 5) is 0. The summed E-state index contributed by atoms with van der Waals surface area (Å²) in [7, 11) is 0. The average molecular weight is 186 g/mol. The molecule has 3 rings (SSSR count). The normalized spacial score (nSPS) is 40.0. The molecule has 0 N–H and O–H groups in total. The van der Waals surface area contributed by atoms with E-state index in [-0.39, 0.29) is 0 Å². The third-order valence-corrected chi connectivity index (χ3v) is 4.14. The maximum atomic E-state index is 2.48. The predicted octanol–water partition coefficient (Wildman–Crippen LogP) is 3.87. The highest BCUT2D eigenvalue weighted by atomic mass is 14.4. The summed E-state index contributed by atoms with van der Waals surface area (Å²) in [6, 6.07) is 0. The molecule has 14 heavy (non-hydrogen) atoms. The van der Waals surface area contributed by atoms with Gasteiger partial charge in [0.25, 0.3) is 0 Å². The number of rotatable bonds is 0. The number of hydrogen-bond donors (Lipinski definition) is 0. The lowest BCUT2D eigenvalue weighted by Gasteiger charge is -2.40. The van der Waals surface area contributed by atoms with Gasteiger partial charge in [-0.2, -0.15) is 0 Å². The van der Waals surface area contributed by atoms with Crippen LogP contribution in [-0.2, 0) is 0 Å². The molecule has 74 valence electrons. The minimum Gasteiger partial charge on any atom is -0.0810 e. The molecule has 3 aliphatic carbocycles. The van der Waals surface area contributed by atoms with E-state index in [2.05, 4.69) is 30.4 Å². The fraction of sp³-hybridized carbons (Fsp3) is 0.571. The summed E-state index contributed by atoms with van der Waals surface area (Å²) < 4.78 is 0. The van der Waals surface area contributed by atoms with Gasteiger partial charge in [0, 0.05) is 0 Å². The zero-order chi connectivity index (χ0) is 9.38. The van der Waals surface area contributed by atoms with Crippen molar-refractivity contribution in [2.45, 2.75) is 32.1 Å². The van der Waals surface area contributed by atoms with E-state index in [0.717, 1.165) is 17.8 Å². The van der Waals surface area contributed by atoms with Gasteiger partial charge in [-0.25, -0.2) is 0 Å². The van der Waals surface area contributed by atoms with Crippen LogP contribution in [0.1, 0.15) is 32.1 Å². The second kappa shape index (κ2) is 3.42. The van der Waals surface area contributed by atoms with Crippen LogP contribution in [0.15, 0.2) is 36.0 Å². The molecule has 0 spiro atoms. The first-order valence-electron chi connectivity index (χ1n) is 6.00. The van der Waals surface area contributed by atoms with Crippen LogP contribution in [0, 0.1) is 17.8 Å². The monoisotopic (exact) mass is 186 g/mol. The first-order chi connectivity index (χ1) is 6.95. The van der Waals surface area contributed by atoms with Crippen LogP contribution in [0.25, 0.3) is 0 Å². The molecule has 0 aliphatic heterocycles. The average Bonchev–Trinajstić information content (AvgIpc) is 2.44. The highest BCUT2D eigenvalue weighted by Gasteiger charge is 2.35. The van der Waals surface area contributed by atoms with E-state index in [4.69, 9.17) is 0 Å². The SMILES string of the molecule is C1=CC2=CCCC3CCCC(C=C1)C23. The van der Waals surface area contributed by atoms with Crippen LogP contribution in [-0.4, -0.2) is 0 Å². The second-order valence-corrected chi connectivity index (χ2v) is 4.91. The molecule has 0 heterocycles. The van der Waals surface area contributed by atoms with Crippen molar-refractivity contribution >= 4 is 0 Å². The van der Waals surface area contributed by atoms with Gasteiger partial charge in [-0.15, -0.1) is 0 Å². The molecule has 3 aliphatic rings. The zero-order valence-electron chi connectivity index (χ0n) is 8.65. The summed E-state index contributed by atoms with van der Waals surface area (Å²) >= 11 is 0. The Balaban J connectivity index is 2.00. The fourth-order valence-corrected chi connectivity index (χ4v) is 3.54. The first kappa shape index (κ1) is 8.52. The maximum absolute atomic E-state index is 2.48. The fourth-order valence-electron chi connectivity index (χ4n) is 3.54. The van der Waals surface area contributed by atoms with Crippen molar-refractivity contribution in [3.8, 4) is 0 Å². The molecule has 0 saturated heterocycles. The molecule has 0 aromatic rings. The molecule has 0 aromatic carbocycles. The minimum atomic E-state index is 0.843. The van der Waals surface area contributed by atoms with E-state index in [1.165, 1.54) is 32.1 Å². The van der Waals surface area contributed by atoms with Gasteiger partial charge in [0.1, 0.15) is 0 Å². The van der Waals surface area contributed by atoms with Gasteiger partial charge in [-0.05, 0) is 49.0 Å².